The van der Waals surface area contributed by atoms with Gasteiger partial charge in [0.2, 0.25) is 11.5 Å². The Morgan fingerprint density at radius 1 is 1.34 bits per heavy atom. The van der Waals surface area contributed by atoms with Gasteiger partial charge in [0.15, 0.2) is 29.1 Å². The van der Waals surface area contributed by atoms with Crippen LogP contribution in [0.4, 0.5) is 5.82 Å². The molecule has 0 bridgehead atoms. The molecule has 0 aliphatic carbocycles. The van der Waals surface area contributed by atoms with Crippen LogP contribution < -0.4 is 5.32 Å². The molecule has 0 unspecified atom stereocenters. The van der Waals surface area contributed by atoms with Crippen LogP contribution in [0.15, 0.2) is 42.9 Å². The van der Waals surface area contributed by atoms with Gasteiger partial charge in [-0.1, -0.05) is 6.07 Å². The van der Waals surface area contributed by atoms with Crippen molar-refractivity contribution in [2.75, 3.05) is 11.7 Å². The zero-order chi connectivity index (χ0) is 22.9. The van der Waals surface area contributed by atoms with Crippen molar-refractivity contribution in [3.63, 3.8) is 0 Å². The summed E-state index contributed by atoms with van der Waals surface area (Å²) in [5.41, 5.74) is 1.48. The molecule has 0 radical (unpaired) electrons. The first-order valence-corrected chi connectivity index (χ1v) is 11.3. The number of aromatic nitrogens is 5. The standard InChI is InChI=1S/C17H18ClN6O7P/c18-17-22-14(20-5-9-2-1-3-19-4-9)11-15(23-17)24(7-21-11)16-13(26)12(25)10(31-16)6-30-8-32(27,28)29/h1-4,6-7,12-13,16,25-26H,5,8H2,(H,20,22,23)(H2,27,28,29)/t12-,13-,16-/m1/s1. The highest BCUT2D eigenvalue weighted by atomic mass is 35.5. The van der Waals surface area contributed by atoms with Gasteiger partial charge in [-0.2, -0.15) is 9.97 Å². The normalized spacial score (nSPS) is 22.3. The maximum absolute atomic E-state index is 10.9. The molecule has 4 heterocycles. The molecule has 170 valence electrons. The minimum atomic E-state index is -4.42. The number of aliphatic hydroxyl groups excluding tert-OH is 2. The first-order valence-electron chi connectivity index (χ1n) is 9.15. The van der Waals surface area contributed by atoms with E-state index in [0.29, 0.717) is 17.9 Å². The molecule has 0 aromatic carbocycles. The first-order chi connectivity index (χ1) is 15.2. The van der Waals surface area contributed by atoms with Gasteiger partial charge in [0.1, 0.15) is 24.8 Å². The van der Waals surface area contributed by atoms with E-state index in [4.69, 9.17) is 30.9 Å². The minimum absolute atomic E-state index is 0.0817. The molecule has 4 rings (SSSR count). The molecule has 0 amide bonds. The van der Waals surface area contributed by atoms with E-state index in [-0.39, 0.29) is 16.7 Å². The summed E-state index contributed by atoms with van der Waals surface area (Å²) >= 11 is 6.07. The summed E-state index contributed by atoms with van der Waals surface area (Å²) in [7, 11) is -4.42. The Bertz CT molecular complexity index is 1190. The highest BCUT2D eigenvalue weighted by molar-refractivity contribution is 7.51. The number of aliphatic hydroxyl groups is 2. The third-order valence-electron chi connectivity index (χ3n) is 4.46. The molecule has 5 N–H and O–H groups in total. The topological polar surface area (TPSA) is 185 Å². The minimum Gasteiger partial charge on any atom is -0.485 e. The zero-order valence-corrected chi connectivity index (χ0v) is 17.8. The van der Waals surface area contributed by atoms with Gasteiger partial charge < -0.3 is 34.8 Å². The van der Waals surface area contributed by atoms with Gasteiger partial charge in [0.05, 0.1) is 0 Å². The van der Waals surface area contributed by atoms with Crippen molar-refractivity contribution in [2.45, 2.75) is 25.0 Å². The molecule has 13 nitrogen and oxygen atoms in total. The number of nitrogens with one attached hydrogen (secondary N) is 1. The van der Waals surface area contributed by atoms with Crippen molar-refractivity contribution in [1.82, 2.24) is 24.5 Å². The zero-order valence-electron chi connectivity index (χ0n) is 16.2. The van der Waals surface area contributed by atoms with Crippen molar-refractivity contribution in [3.8, 4) is 0 Å². The van der Waals surface area contributed by atoms with Crippen molar-refractivity contribution in [3.05, 3.63) is 53.7 Å². The lowest BCUT2D eigenvalue weighted by atomic mass is 10.2. The molecule has 15 heteroatoms. The smallest absolute Gasteiger partial charge is 0.362 e. The number of anilines is 1. The van der Waals surface area contributed by atoms with E-state index in [1.54, 1.807) is 18.5 Å². The number of hydrogen-bond donors (Lipinski definition) is 5. The number of rotatable bonds is 7. The van der Waals surface area contributed by atoms with Gasteiger partial charge in [-0.3, -0.25) is 14.1 Å². The molecular weight excluding hydrogens is 467 g/mol. The van der Waals surface area contributed by atoms with Crippen LogP contribution in [0.2, 0.25) is 5.28 Å². The number of ether oxygens (including phenoxy) is 2. The van der Waals surface area contributed by atoms with Gasteiger partial charge in [-0.05, 0) is 23.2 Å². The van der Waals surface area contributed by atoms with Crippen LogP contribution in [0.3, 0.4) is 0 Å². The van der Waals surface area contributed by atoms with Gasteiger partial charge in [-0.25, -0.2) is 4.98 Å². The van der Waals surface area contributed by atoms with E-state index in [1.807, 2.05) is 6.07 Å². The Morgan fingerprint density at radius 3 is 2.88 bits per heavy atom. The fourth-order valence-corrected chi connectivity index (χ4v) is 3.46. The first kappa shape index (κ1) is 22.4. The number of halogens is 1. The summed E-state index contributed by atoms with van der Waals surface area (Å²) in [6.45, 7) is 0.397. The lowest BCUT2D eigenvalue weighted by molar-refractivity contribution is -0.0122. The van der Waals surface area contributed by atoms with Crippen LogP contribution in [0.25, 0.3) is 11.2 Å². The number of hydrogen-bond acceptors (Lipinski definition) is 10. The monoisotopic (exact) mass is 484 g/mol. The van der Waals surface area contributed by atoms with Gasteiger partial charge in [-0.15, -0.1) is 0 Å². The number of nitrogens with zero attached hydrogens (tertiary/aromatic N) is 5. The molecule has 3 aromatic heterocycles. The van der Waals surface area contributed by atoms with E-state index < -0.39 is 32.4 Å². The molecule has 0 spiro atoms. The highest BCUT2D eigenvalue weighted by Crippen LogP contribution is 2.37. The van der Waals surface area contributed by atoms with Crippen LogP contribution >= 0.6 is 19.2 Å². The Hall–Kier alpha value is -2.80. The third kappa shape index (κ3) is 4.83. The Kier molecular flexibility index (Phi) is 6.29. The quantitative estimate of drug-likeness (QED) is 0.180. The van der Waals surface area contributed by atoms with Crippen LogP contribution in [-0.4, -0.2) is 63.1 Å². The SMILES string of the molecule is O=P(O)(O)COC=C1O[C@@H](n2cnc3c(NCc4cccnc4)nc(Cl)nc32)[C@H](O)[C@@H]1O. The Morgan fingerprint density at radius 2 is 2.16 bits per heavy atom. The van der Waals surface area contributed by atoms with Crippen molar-refractivity contribution >= 4 is 36.2 Å². The summed E-state index contributed by atoms with van der Waals surface area (Å²) in [6.07, 6.45) is 0.519. The maximum Gasteiger partial charge on any atom is 0.362 e. The number of fused-ring (bicyclic) bond motifs is 1. The number of imidazole rings is 1. The van der Waals surface area contributed by atoms with E-state index >= 15 is 0 Å². The van der Waals surface area contributed by atoms with Gasteiger partial charge in [0.25, 0.3) is 0 Å². The number of pyridine rings is 1. The summed E-state index contributed by atoms with van der Waals surface area (Å²) in [5.74, 6) is 0.129. The van der Waals surface area contributed by atoms with Crippen LogP contribution in [0.5, 0.6) is 0 Å². The Labute approximate surface area is 185 Å². The lowest BCUT2D eigenvalue weighted by Crippen LogP contribution is -2.27. The fourth-order valence-electron chi connectivity index (χ4n) is 3.03. The van der Waals surface area contributed by atoms with Crippen LogP contribution in [-0.2, 0) is 20.6 Å². The molecule has 1 fully saturated rings. The van der Waals surface area contributed by atoms with Crippen molar-refractivity contribution in [1.29, 1.82) is 0 Å². The second-order valence-corrected chi connectivity index (χ2v) is 8.73. The predicted molar refractivity (Wildman–Crippen MR) is 110 cm³/mol. The molecule has 1 aliphatic rings. The maximum atomic E-state index is 10.9. The molecule has 32 heavy (non-hydrogen) atoms. The van der Waals surface area contributed by atoms with Crippen molar-refractivity contribution in [2.24, 2.45) is 0 Å². The average Bonchev–Trinajstić information content (AvgIpc) is 3.28. The second kappa shape index (κ2) is 8.98. The molecule has 1 saturated heterocycles. The largest absolute Gasteiger partial charge is 0.485 e. The molecule has 0 saturated carbocycles. The summed E-state index contributed by atoms with van der Waals surface area (Å²) in [5, 5.41) is 23.7. The molecule has 1 aliphatic heterocycles. The average molecular weight is 485 g/mol. The fraction of sp³-hybridized carbons (Fsp3) is 0.294. The van der Waals surface area contributed by atoms with E-state index in [9.17, 15) is 14.8 Å². The second-order valence-electron chi connectivity index (χ2n) is 6.80. The molecular formula is C17H18ClN6O7P. The Balaban J connectivity index is 1.59. The highest BCUT2D eigenvalue weighted by Gasteiger charge is 2.42. The predicted octanol–water partition coefficient (Wildman–Crippen LogP) is 0.731. The van der Waals surface area contributed by atoms with Crippen molar-refractivity contribution < 1.29 is 34.0 Å². The summed E-state index contributed by atoms with van der Waals surface area (Å²) in [4.78, 5) is 34.3. The van der Waals surface area contributed by atoms with E-state index in [2.05, 4.69) is 25.3 Å². The third-order valence-corrected chi connectivity index (χ3v) is 5.11. The summed E-state index contributed by atoms with van der Waals surface area (Å²) < 4.78 is 22.5. The molecule has 3 aromatic rings. The van der Waals surface area contributed by atoms with Crippen LogP contribution in [0.1, 0.15) is 11.8 Å². The lowest BCUT2D eigenvalue weighted by Gasteiger charge is -2.16. The van der Waals surface area contributed by atoms with E-state index in [1.165, 1.54) is 10.9 Å². The molecule has 3 atom stereocenters. The van der Waals surface area contributed by atoms with Crippen LogP contribution in [0, 0.1) is 0 Å². The van der Waals surface area contributed by atoms with Gasteiger partial charge >= 0.3 is 7.60 Å². The van der Waals surface area contributed by atoms with Gasteiger partial charge in [0, 0.05) is 18.9 Å². The summed E-state index contributed by atoms with van der Waals surface area (Å²) in [6, 6.07) is 3.68. The van der Waals surface area contributed by atoms with E-state index in [0.717, 1.165) is 11.8 Å².